The van der Waals surface area contributed by atoms with Gasteiger partial charge in [-0.15, -0.1) is 16.4 Å². The zero-order chi connectivity index (χ0) is 22.1. The van der Waals surface area contributed by atoms with Crippen LogP contribution >= 0.6 is 11.3 Å². The first kappa shape index (κ1) is 20.7. The van der Waals surface area contributed by atoms with Crippen LogP contribution in [0.4, 0.5) is 5.69 Å². The van der Waals surface area contributed by atoms with E-state index in [4.69, 9.17) is 0 Å². The van der Waals surface area contributed by atoms with Gasteiger partial charge < -0.3 is 5.32 Å². The van der Waals surface area contributed by atoms with Gasteiger partial charge in [-0.1, -0.05) is 18.2 Å². The normalized spacial score (nSPS) is 12.0. The molecule has 0 aliphatic carbocycles. The molecule has 0 aliphatic heterocycles. The Labute approximate surface area is 183 Å². The maximum atomic E-state index is 13.0. The highest BCUT2D eigenvalue weighted by molar-refractivity contribution is 7.09. The van der Waals surface area contributed by atoms with Crippen LogP contribution in [0.5, 0.6) is 0 Å². The number of amides is 1. The van der Waals surface area contributed by atoms with Crippen LogP contribution in [0.15, 0.2) is 52.6 Å². The Hall–Kier alpha value is -3.59. The second-order valence-corrected chi connectivity index (χ2v) is 8.34. The van der Waals surface area contributed by atoms with Gasteiger partial charge in [0.15, 0.2) is 5.82 Å². The average Bonchev–Trinajstić information content (AvgIpc) is 3.32. The molecule has 3 heterocycles. The Morgan fingerprint density at radius 3 is 2.55 bits per heavy atom. The predicted molar refractivity (Wildman–Crippen MR) is 121 cm³/mol. The van der Waals surface area contributed by atoms with Crippen LogP contribution in [-0.2, 0) is 4.79 Å². The lowest BCUT2D eigenvalue weighted by molar-refractivity contribution is -0.119. The van der Waals surface area contributed by atoms with Gasteiger partial charge >= 0.3 is 0 Å². The maximum absolute atomic E-state index is 13.0. The lowest BCUT2D eigenvalue weighted by atomic mass is 10.1. The first-order valence-corrected chi connectivity index (χ1v) is 10.7. The van der Waals surface area contributed by atoms with Crippen molar-refractivity contribution in [2.75, 3.05) is 5.32 Å². The lowest BCUT2D eigenvalue weighted by Gasteiger charge is -2.16. The molecule has 158 valence electrons. The number of hydrogen-bond donors (Lipinski definition) is 1. The number of nitrogens with zero attached hydrogens (tertiary/aromatic N) is 5. The second kappa shape index (κ2) is 8.27. The zero-order valence-electron chi connectivity index (χ0n) is 17.7. The molecule has 0 fully saturated rings. The van der Waals surface area contributed by atoms with Crippen LogP contribution in [0.1, 0.15) is 29.4 Å². The molecule has 0 aliphatic rings. The van der Waals surface area contributed by atoms with Crippen LogP contribution in [0, 0.1) is 20.8 Å². The zero-order valence-corrected chi connectivity index (χ0v) is 18.5. The molecular formula is C22H22N6O2S. The third-order valence-corrected chi connectivity index (χ3v) is 5.64. The van der Waals surface area contributed by atoms with E-state index in [1.807, 2.05) is 56.5 Å². The highest BCUT2D eigenvalue weighted by Gasteiger charge is 2.20. The van der Waals surface area contributed by atoms with E-state index in [9.17, 15) is 9.59 Å². The van der Waals surface area contributed by atoms with Crippen molar-refractivity contribution < 1.29 is 4.79 Å². The Balaban J connectivity index is 1.63. The van der Waals surface area contributed by atoms with Gasteiger partial charge in [0, 0.05) is 22.7 Å². The molecule has 0 bridgehead atoms. The number of nitrogens with one attached hydrogen (secondary N) is 1. The standard InChI is InChI=1S/C22H22N6O2S/c1-13-11-14(2)27(25-13)20-9-10-21(29)28(26-20)15(3)22(30)24-18-8-6-5-7-17(18)19-12-31-16(4)23-19/h5-12,15H,1-4H3,(H,24,30)/t15-/m0/s1. The van der Waals surface area contributed by atoms with Crippen molar-refractivity contribution in [2.24, 2.45) is 0 Å². The number of benzene rings is 1. The maximum Gasteiger partial charge on any atom is 0.267 e. The van der Waals surface area contributed by atoms with Gasteiger partial charge in [0.2, 0.25) is 5.91 Å². The highest BCUT2D eigenvalue weighted by atomic mass is 32.1. The van der Waals surface area contributed by atoms with Crippen molar-refractivity contribution in [1.82, 2.24) is 24.5 Å². The molecule has 9 heteroatoms. The average molecular weight is 435 g/mol. The number of aromatic nitrogens is 5. The third-order valence-electron chi connectivity index (χ3n) is 4.86. The van der Waals surface area contributed by atoms with Gasteiger partial charge in [0.25, 0.3) is 5.56 Å². The van der Waals surface area contributed by atoms with E-state index in [0.717, 1.165) is 27.7 Å². The first-order chi connectivity index (χ1) is 14.8. The summed E-state index contributed by atoms with van der Waals surface area (Å²) in [7, 11) is 0. The van der Waals surface area contributed by atoms with E-state index in [0.29, 0.717) is 11.5 Å². The Morgan fingerprint density at radius 2 is 1.87 bits per heavy atom. The molecule has 0 saturated carbocycles. The fourth-order valence-corrected chi connectivity index (χ4v) is 3.93. The largest absolute Gasteiger partial charge is 0.324 e. The third kappa shape index (κ3) is 4.17. The summed E-state index contributed by atoms with van der Waals surface area (Å²) in [6.45, 7) is 7.37. The summed E-state index contributed by atoms with van der Waals surface area (Å²) in [6, 6.07) is 11.6. The SMILES string of the molecule is Cc1cc(C)n(-c2ccc(=O)n([C@@H](C)C(=O)Nc3ccccc3-c3csc(C)n3)n2)n1. The minimum Gasteiger partial charge on any atom is -0.324 e. The lowest BCUT2D eigenvalue weighted by Crippen LogP contribution is -2.33. The molecule has 1 atom stereocenters. The van der Waals surface area contributed by atoms with Crippen LogP contribution in [0.2, 0.25) is 0 Å². The fourth-order valence-electron chi connectivity index (χ4n) is 3.32. The van der Waals surface area contributed by atoms with E-state index in [1.54, 1.807) is 29.0 Å². The van der Waals surface area contributed by atoms with Gasteiger partial charge in [0.1, 0.15) is 6.04 Å². The summed E-state index contributed by atoms with van der Waals surface area (Å²) >= 11 is 1.55. The van der Waals surface area contributed by atoms with Crippen molar-refractivity contribution >= 4 is 22.9 Å². The summed E-state index contributed by atoms with van der Waals surface area (Å²) in [4.78, 5) is 30.0. The summed E-state index contributed by atoms with van der Waals surface area (Å²) < 4.78 is 2.83. The van der Waals surface area contributed by atoms with Gasteiger partial charge in [-0.2, -0.15) is 5.10 Å². The molecule has 0 saturated heterocycles. The molecule has 0 radical (unpaired) electrons. The highest BCUT2D eigenvalue weighted by Crippen LogP contribution is 2.29. The monoisotopic (exact) mass is 434 g/mol. The predicted octanol–water partition coefficient (Wildman–Crippen LogP) is 3.68. The Bertz CT molecular complexity index is 1320. The molecule has 8 nitrogen and oxygen atoms in total. The van der Waals surface area contributed by atoms with E-state index in [1.165, 1.54) is 10.7 Å². The molecule has 4 rings (SSSR count). The molecular weight excluding hydrogens is 412 g/mol. The molecule has 1 N–H and O–H groups in total. The minimum absolute atomic E-state index is 0.348. The van der Waals surface area contributed by atoms with Crippen molar-refractivity contribution in [3.8, 4) is 17.1 Å². The van der Waals surface area contributed by atoms with Crippen molar-refractivity contribution in [1.29, 1.82) is 0 Å². The summed E-state index contributed by atoms with van der Waals surface area (Å²) in [5.41, 5.74) is 3.62. The molecule has 1 aromatic carbocycles. The Morgan fingerprint density at radius 1 is 1.10 bits per heavy atom. The van der Waals surface area contributed by atoms with E-state index in [2.05, 4.69) is 20.5 Å². The van der Waals surface area contributed by atoms with Gasteiger partial charge in [0.05, 0.1) is 22.1 Å². The number of anilines is 1. The molecule has 0 spiro atoms. The number of hydrogen-bond acceptors (Lipinski definition) is 6. The van der Waals surface area contributed by atoms with E-state index in [-0.39, 0.29) is 11.5 Å². The second-order valence-electron chi connectivity index (χ2n) is 7.28. The smallest absolute Gasteiger partial charge is 0.267 e. The fraction of sp³-hybridized carbons (Fsp3) is 0.227. The van der Waals surface area contributed by atoms with Gasteiger partial charge in [-0.25, -0.2) is 14.3 Å². The quantitative estimate of drug-likeness (QED) is 0.517. The topological polar surface area (TPSA) is 94.7 Å². The van der Waals surface area contributed by atoms with Gasteiger partial charge in [-0.05, 0) is 45.9 Å². The number of carbonyl (C=O) groups is 1. The van der Waals surface area contributed by atoms with Crippen molar-refractivity contribution in [2.45, 2.75) is 33.7 Å². The summed E-state index contributed by atoms with van der Waals surface area (Å²) in [5.74, 6) is 0.128. The van der Waals surface area contributed by atoms with Gasteiger partial charge in [-0.3, -0.25) is 9.59 Å². The van der Waals surface area contributed by atoms with Crippen molar-refractivity contribution in [3.05, 3.63) is 74.6 Å². The van der Waals surface area contributed by atoms with Crippen LogP contribution in [0.3, 0.4) is 0 Å². The summed E-state index contributed by atoms with van der Waals surface area (Å²) in [6.07, 6.45) is 0. The first-order valence-electron chi connectivity index (χ1n) is 9.79. The molecule has 3 aromatic heterocycles. The molecule has 4 aromatic rings. The summed E-state index contributed by atoms with van der Waals surface area (Å²) in [5, 5.41) is 14.6. The van der Waals surface area contributed by atoms with Crippen molar-refractivity contribution in [3.63, 3.8) is 0 Å². The molecule has 1 amide bonds. The number of thiazole rings is 1. The number of carbonyl (C=O) groups excluding carboxylic acids is 1. The van der Waals surface area contributed by atoms with Crippen LogP contribution in [0.25, 0.3) is 17.1 Å². The number of para-hydroxylation sites is 1. The van der Waals surface area contributed by atoms with E-state index >= 15 is 0 Å². The number of aryl methyl sites for hydroxylation is 3. The minimum atomic E-state index is -0.824. The molecule has 31 heavy (non-hydrogen) atoms. The molecule has 0 unspecified atom stereocenters. The van der Waals surface area contributed by atoms with E-state index < -0.39 is 6.04 Å². The van der Waals surface area contributed by atoms with Crippen LogP contribution < -0.4 is 10.9 Å². The Kier molecular flexibility index (Phi) is 5.51. The number of rotatable bonds is 5. The van der Waals surface area contributed by atoms with Crippen LogP contribution in [-0.4, -0.2) is 30.5 Å².